The molecule has 0 saturated carbocycles. The topological polar surface area (TPSA) is 29.1 Å². The third-order valence-electron chi connectivity index (χ3n) is 3.46. The standard InChI is InChI=1S/C16H24FNO/c1-3-14(4-2)16(19)18-12-6-5-7-13-8-10-15(17)11-9-13/h8-11,14H,3-7,12H2,1-2H3,(H,18,19). The normalized spacial score (nSPS) is 10.7. The Morgan fingerprint density at radius 1 is 1.16 bits per heavy atom. The van der Waals surface area contributed by atoms with Crippen molar-refractivity contribution in [3.8, 4) is 0 Å². The van der Waals surface area contributed by atoms with Crippen molar-refractivity contribution >= 4 is 5.91 Å². The summed E-state index contributed by atoms with van der Waals surface area (Å²) in [6.45, 7) is 4.82. The first kappa shape index (κ1) is 15.7. The predicted molar refractivity (Wildman–Crippen MR) is 76.4 cm³/mol. The maximum absolute atomic E-state index is 12.7. The first-order valence-electron chi connectivity index (χ1n) is 7.19. The molecule has 1 aromatic rings. The Morgan fingerprint density at radius 2 is 1.79 bits per heavy atom. The van der Waals surface area contributed by atoms with Crippen molar-refractivity contribution < 1.29 is 9.18 Å². The number of rotatable bonds is 8. The van der Waals surface area contributed by atoms with Gasteiger partial charge in [0.05, 0.1) is 0 Å². The van der Waals surface area contributed by atoms with Gasteiger partial charge in [-0.1, -0.05) is 26.0 Å². The molecule has 2 nitrogen and oxygen atoms in total. The van der Waals surface area contributed by atoms with Crippen molar-refractivity contribution in [3.05, 3.63) is 35.6 Å². The quantitative estimate of drug-likeness (QED) is 0.713. The zero-order chi connectivity index (χ0) is 14.1. The van der Waals surface area contributed by atoms with Gasteiger partial charge in [-0.25, -0.2) is 4.39 Å². The molecule has 0 saturated heterocycles. The Hall–Kier alpha value is -1.38. The number of hydrogen-bond acceptors (Lipinski definition) is 1. The third-order valence-corrected chi connectivity index (χ3v) is 3.46. The Bertz CT molecular complexity index is 371. The Balaban J connectivity index is 2.14. The summed E-state index contributed by atoms with van der Waals surface area (Å²) >= 11 is 0. The van der Waals surface area contributed by atoms with Gasteiger partial charge in [-0.2, -0.15) is 0 Å². The van der Waals surface area contributed by atoms with Crippen LogP contribution in [0.1, 0.15) is 45.1 Å². The van der Waals surface area contributed by atoms with Gasteiger partial charge in [0, 0.05) is 12.5 Å². The predicted octanol–water partition coefficient (Wildman–Crippen LogP) is 3.70. The number of halogens is 1. The van der Waals surface area contributed by atoms with Crippen LogP contribution in [0.4, 0.5) is 4.39 Å². The summed E-state index contributed by atoms with van der Waals surface area (Å²) in [5.74, 6) is 0.130. The highest BCUT2D eigenvalue weighted by Crippen LogP contribution is 2.08. The average molecular weight is 265 g/mol. The van der Waals surface area contributed by atoms with Gasteiger partial charge >= 0.3 is 0 Å². The highest BCUT2D eigenvalue weighted by molar-refractivity contribution is 5.78. The van der Waals surface area contributed by atoms with Crippen molar-refractivity contribution in [2.45, 2.75) is 46.0 Å². The number of benzene rings is 1. The molecule has 0 fully saturated rings. The fourth-order valence-electron chi connectivity index (χ4n) is 2.12. The molecule has 1 amide bonds. The molecule has 0 aliphatic heterocycles. The molecule has 0 spiro atoms. The van der Waals surface area contributed by atoms with Crippen LogP contribution in [0, 0.1) is 11.7 Å². The molecule has 3 heteroatoms. The summed E-state index contributed by atoms with van der Waals surface area (Å²) in [6, 6.07) is 6.62. The lowest BCUT2D eigenvalue weighted by molar-refractivity contribution is -0.125. The molecular weight excluding hydrogens is 241 g/mol. The van der Waals surface area contributed by atoms with Crippen LogP contribution < -0.4 is 5.32 Å². The highest BCUT2D eigenvalue weighted by Gasteiger charge is 2.12. The van der Waals surface area contributed by atoms with Crippen molar-refractivity contribution in [3.63, 3.8) is 0 Å². The van der Waals surface area contributed by atoms with Gasteiger partial charge in [0.2, 0.25) is 5.91 Å². The molecule has 106 valence electrons. The lowest BCUT2D eigenvalue weighted by Crippen LogP contribution is -2.30. The summed E-state index contributed by atoms with van der Waals surface area (Å²) in [6.07, 6.45) is 4.70. The van der Waals surface area contributed by atoms with Crippen LogP contribution in [0.3, 0.4) is 0 Å². The summed E-state index contributed by atoms with van der Waals surface area (Å²) in [4.78, 5) is 11.7. The number of carbonyl (C=O) groups is 1. The minimum absolute atomic E-state index is 0.150. The maximum Gasteiger partial charge on any atom is 0.223 e. The summed E-state index contributed by atoms with van der Waals surface area (Å²) < 4.78 is 12.7. The van der Waals surface area contributed by atoms with Gasteiger partial charge in [-0.05, 0) is 49.8 Å². The molecule has 0 aliphatic rings. The maximum atomic E-state index is 12.7. The SMILES string of the molecule is CCC(CC)C(=O)NCCCCc1ccc(F)cc1. The molecule has 0 aliphatic carbocycles. The summed E-state index contributed by atoms with van der Waals surface area (Å²) in [5, 5.41) is 2.98. The average Bonchev–Trinajstić information content (AvgIpc) is 2.42. The van der Waals surface area contributed by atoms with Gasteiger partial charge in [-0.15, -0.1) is 0 Å². The molecule has 0 bridgehead atoms. The van der Waals surface area contributed by atoms with Crippen LogP contribution in [-0.4, -0.2) is 12.5 Å². The number of aryl methyl sites for hydroxylation is 1. The van der Waals surface area contributed by atoms with E-state index >= 15 is 0 Å². The molecule has 1 aromatic carbocycles. The van der Waals surface area contributed by atoms with E-state index in [0.29, 0.717) is 0 Å². The van der Waals surface area contributed by atoms with E-state index in [9.17, 15) is 9.18 Å². The van der Waals surface area contributed by atoms with E-state index in [2.05, 4.69) is 5.32 Å². The number of unbranched alkanes of at least 4 members (excludes halogenated alkanes) is 1. The monoisotopic (exact) mass is 265 g/mol. The van der Waals surface area contributed by atoms with E-state index < -0.39 is 0 Å². The minimum atomic E-state index is -0.193. The fraction of sp³-hybridized carbons (Fsp3) is 0.562. The van der Waals surface area contributed by atoms with Gasteiger partial charge in [0.15, 0.2) is 0 Å². The minimum Gasteiger partial charge on any atom is -0.356 e. The van der Waals surface area contributed by atoms with Crippen molar-refractivity contribution in [1.82, 2.24) is 5.32 Å². The highest BCUT2D eigenvalue weighted by atomic mass is 19.1. The lowest BCUT2D eigenvalue weighted by atomic mass is 10.0. The van der Waals surface area contributed by atoms with Gasteiger partial charge in [0.1, 0.15) is 5.82 Å². The second-order valence-electron chi connectivity index (χ2n) is 4.89. The van der Waals surface area contributed by atoms with Crippen LogP contribution in [0.5, 0.6) is 0 Å². The number of amides is 1. The Labute approximate surface area is 115 Å². The summed E-state index contributed by atoms with van der Waals surface area (Å²) in [7, 11) is 0. The molecule has 0 unspecified atom stereocenters. The zero-order valence-electron chi connectivity index (χ0n) is 11.9. The molecule has 0 aromatic heterocycles. The molecule has 0 atom stereocenters. The van der Waals surface area contributed by atoms with Crippen LogP contribution in [-0.2, 0) is 11.2 Å². The second kappa shape index (κ2) is 8.68. The van der Waals surface area contributed by atoms with Crippen molar-refractivity contribution in [2.75, 3.05) is 6.54 Å². The van der Waals surface area contributed by atoms with Gasteiger partial charge < -0.3 is 5.32 Å². The first-order chi connectivity index (χ1) is 9.17. The third kappa shape index (κ3) is 5.86. The Kier molecular flexibility index (Phi) is 7.16. The molecule has 19 heavy (non-hydrogen) atoms. The van der Waals surface area contributed by atoms with E-state index in [1.807, 2.05) is 26.0 Å². The molecular formula is C16H24FNO. The van der Waals surface area contributed by atoms with E-state index in [-0.39, 0.29) is 17.6 Å². The summed E-state index contributed by atoms with van der Waals surface area (Å²) in [5.41, 5.74) is 1.15. The lowest BCUT2D eigenvalue weighted by Gasteiger charge is -2.12. The van der Waals surface area contributed by atoms with Gasteiger partial charge in [-0.3, -0.25) is 4.79 Å². The van der Waals surface area contributed by atoms with E-state index in [1.54, 1.807) is 0 Å². The van der Waals surface area contributed by atoms with Crippen LogP contribution >= 0.6 is 0 Å². The molecule has 1 rings (SSSR count). The number of nitrogens with one attached hydrogen (secondary N) is 1. The van der Waals surface area contributed by atoms with E-state index in [4.69, 9.17) is 0 Å². The smallest absolute Gasteiger partial charge is 0.223 e. The van der Waals surface area contributed by atoms with E-state index in [1.165, 1.54) is 12.1 Å². The molecule has 0 radical (unpaired) electrons. The van der Waals surface area contributed by atoms with Crippen LogP contribution in [0.15, 0.2) is 24.3 Å². The number of carbonyl (C=O) groups excluding carboxylic acids is 1. The van der Waals surface area contributed by atoms with Crippen molar-refractivity contribution in [2.24, 2.45) is 5.92 Å². The van der Waals surface area contributed by atoms with Crippen molar-refractivity contribution in [1.29, 1.82) is 0 Å². The Morgan fingerprint density at radius 3 is 2.37 bits per heavy atom. The first-order valence-corrected chi connectivity index (χ1v) is 7.19. The van der Waals surface area contributed by atoms with E-state index in [0.717, 1.165) is 44.2 Å². The van der Waals surface area contributed by atoms with Crippen LogP contribution in [0.25, 0.3) is 0 Å². The number of hydrogen-bond donors (Lipinski definition) is 1. The fourth-order valence-corrected chi connectivity index (χ4v) is 2.12. The molecule has 1 N–H and O–H groups in total. The van der Waals surface area contributed by atoms with Crippen LogP contribution in [0.2, 0.25) is 0 Å². The largest absolute Gasteiger partial charge is 0.356 e. The second-order valence-corrected chi connectivity index (χ2v) is 4.89. The zero-order valence-corrected chi connectivity index (χ0v) is 11.9. The molecule has 0 heterocycles. The van der Waals surface area contributed by atoms with Gasteiger partial charge in [0.25, 0.3) is 0 Å².